The minimum absolute atomic E-state index is 0.0767. The number of hydrogen-bond acceptors (Lipinski definition) is 4. The highest BCUT2D eigenvalue weighted by Gasteiger charge is 2.51. The van der Waals surface area contributed by atoms with E-state index in [9.17, 15) is 14.7 Å². The number of anilines is 1. The van der Waals surface area contributed by atoms with Gasteiger partial charge in [0, 0.05) is 32.3 Å². The molecule has 176 valence electrons. The first kappa shape index (κ1) is 21.1. The minimum atomic E-state index is -0.109. The van der Waals surface area contributed by atoms with Crippen molar-refractivity contribution in [3.8, 4) is 0 Å². The van der Waals surface area contributed by atoms with E-state index in [0.717, 1.165) is 30.6 Å². The number of rotatable bonds is 5. The summed E-state index contributed by atoms with van der Waals surface area (Å²) in [6.07, 6.45) is 12.0. The van der Waals surface area contributed by atoms with E-state index in [-0.39, 0.29) is 29.8 Å². The second-order valence-electron chi connectivity index (χ2n) is 11.3. The van der Waals surface area contributed by atoms with Crippen LogP contribution in [-0.4, -0.2) is 50.9 Å². The third-order valence-corrected chi connectivity index (χ3v) is 8.74. The molecule has 0 radical (unpaired) electrons. The van der Waals surface area contributed by atoms with E-state index in [4.69, 9.17) is 0 Å². The zero-order valence-corrected chi connectivity index (χ0v) is 19.2. The quantitative estimate of drug-likeness (QED) is 0.727. The Balaban J connectivity index is 1.18. The average Bonchev–Trinajstić information content (AvgIpc) is 3.23. The number of aliphatic hydroxyl groups is 1. The predicted molar refractivity (Wildman–Crippen MR) is 125 cm³/mol. The summed E-state index contributed by atoms with van der Waals surface area (Å²) < 4.78 is 1.82. The molecule has 2 amide bonds. The van der Waals surface area contributed by atoms with E-state index in [1.807, 2.05) is 22.6 Å². The van der Waals surface area contributed by atoms with Gasteiger partial charge in [-0.3, -0.25) is 14.0 Å². The number of carbonyl (C=O) groups excluding carboxylic acids is 2. The van der Waals surface area contributed by atoms with Gasteiger partial charge in [0.05, 0.1) is 0 Å². The molecule has 7 rings (SSSR count). The Morgan fingerprint density at radius 2 is 1.85 bits per heavy atom. The summed E-state index contributed by atoms with van der Waals surface area (Å²) in [5, 5.41) is 12.6. The Morgan fingerprint density at radius 3 is 2.55 bits per heavy atom. The van der Waals surface area contributed by atoms with Crippen molar-refractivity contribution in [3.63, 3.8) is 0 Å². The number of aliphatic hydroxyl groups excluding tert-OH is 1. The molecule has 2 N–H and O–H groups in total. The lowest BCUT2D eigenvalue weighted by Crippen LogP contribution is -2.47. The van der Waals surface area contributed by atoms with Crippen LogP contribution in [0.5, 0.6) is 0 Å². The molecule has 0 spiro atoms. The summed E-state index contributed by atoms with van der Waals surface area (Å²) in [6.45, 7) is 1.37. The van der Waals surface area contributed by atoms with Crippen LogP contribution < -0.4 is 5.32 Å². The molecule has 4 bridgehead atoms. The van der Waals surface area contributed by atoms with Gasteiger partial charge in [-0.25, -0.2) is 4.98 Å². The van der Waals surface area contributed by atoms with Crippen molar-refractivity contribution in [2.24, 2.45) is 29.1 Å². The lowest BCUT2D eigenvalue weighted by Gasteiger charge is -2.56. The van der Waals surface area contributed by atoms with Gasteiger partial charge in [0.25, 0.3) is 5.91 Å². The Morgan fingerprint density at radius 1 is 1.12 bits per heavy atom. The van der Waals surface area contributed by atoms with Crippen molar-refractivity contribution in [1.29, 1.82) is 0 Å². The van der Waals surface area contributed by atoms with Gasteiger partial charge in [0.2, 0.25) is 5.91 Å². The molecule has 1 aliphatic heterocycles. The molecule has 5 fully saturated rings. The number of nitrogens with one attached hydrogen (secondary N) is 1. The average molecular weight is 451 g/mol. The van der Waals surface area contributed by atoms with E-state index in [2.05, 4.69) is 10.3 Å². The number of piperidine rings is 1. The third kappa shape index (κ3) is 3.94. The molecule has 5 aliphatic rings. The first-order valence-corrected chi connectivity index (χ1v) is 12.7. The van der Waals surface area contributed by atoms with Crippen LogP contribution in [0.4, 0.5) is 5.82 Å². The molecule has 2 aromatic heterocycles. The van der Waals surface area contributed by atoms with Crippen LogP contribution in [0.15, 0.2) is 24.4 Å². The standard InChI is InChI=1S/C26H34N4O3/c31-16-17-3-2-6-29(14-17)25(33)21-15-30-22(27-21)4-1-5-23(30)28-24(32)13-26-10-18-7-19(11-26)9-20(8-18)12-26/h1,4-5,15,17-20,31H,2-3,6-14,16H2,(H,28,32). The molecule has 0 aromatic carbocycles. The number of nitrogens with zero attached hydrogens (tertiary/aromatic N) is 3. The number of pyridine rings is 1. The van der Waals surface area contributed by atoms with Crippen molar-refractivity contribution >= 4 is 23.3 Å². The van der Waals surface area contributed by atoms with Gasteiger partial charge in [-0.15, -0.1) is 0 Å². The Kier molecular flexibility index (Phi) is 5.20. The molecular formula is C26H34N4O3. The molecule has 3 heterocycles. The Hall–Kier alpha value is -2.41. The Labute approximate surface area is 194 Å². The zero-order chi connectivity index (χ0) is 22.6. The van der Waals surface area contributed by atoms with Gasteiger partial charge in [-0.2, -0.15) is 0 Å². The van der Waals surface area contributed by atoms with Gasteiger partial charge < -0.3 is 15.3 Å². The molecule has 1 atom stereocenters. The number of likely N-dealkylation sites (tertiary alicyclic amines) is 1. The fraction of sp³-hybridized carbons (Fsp3) is 0.654. The molecular weight excluding hydrogens is 416 g/mol. The van der Waals surface area contributed by atoms with Crippen LogP contribution in [0.1, 0.15) is 68.3 Å². The molecule has 1 saturated heterocycles. The number of fused-ring (bicyclic) bond motifs is 1. The van der Waals surface area contributed by atoms with Crippen molar-refractivity contribution in [2.75, 3.05) is 25.0 Å². The normalized spacial score (nSPS) is 32.9. The minimum Gasteiger partial charge on any atom is -0.396 e. The number of aromatic nitrogens is 2. The first-order valence-electron chi connectivity index (χ1n) is 12.7. The summed E-state index contributed by atoms with van der Waals surface area (Å²) in [6, 6.07) is 5.61. The van der Waals surface area contributed by atoms with Crippen LogP contribution in [0.3, 0.4) is 0 Å². The second-order valence-corrected chi connectivity index (χ2v) is 11.3. The van der Waals surface area contributed by atoms with Crippen molar-refractivity contribution in [2.45, 2.75) is 57.8 Å². The molecule has 4 saturated carbocycles. The first-order chi connectivity index (χ1) is 16.0. The van der Waals surface area contributed by atoms with Crippen molar-refractivity contribution in [3.05, 3.63) is 30.1 Å². The highest BCUT2D eigenvalue weighted by atomic mass is 16.3. The smallest absolute Gasteiger partial charge is 0.274 e. The molecule has 4 aliphatic carbocycles. The van der Waals surface area contributed by atoms with E-state index < -0.39 is 0 Å². The summed E-state index contributed by atoms with van der Waals surface area (Å²) in [7, 11) is 0. The second kappa shape index (κ2) is 8.12. The highest BCUT2D eigenvalue weighted by molar-refractivity contribution is 5.94. The maximum Gasteiger partial charge on any atom is 0.274 e. The zero-order valence-electron chi connectivity index (χ0n) is 19.2. The van der Waals surface area contributed by atoms with Gasteiger partial charge in [-0.05, 0) is 92.6 Å². The molecule has 33 heavy (non-hydrogen) atoms. The van der Waals surface area contributed by atoms with E-state index >= 15 is 0 Å². The van der Waals surface area contributed by atoms with Crippen molar-refractivity contribution in [1.82, 2.24) is 14.3 Å². The number of imidazole rings is 1. The van der Waals surface area contributed by atoms with Gasteiger partial charge in [0.15, 0.2) is 0 Å². The fourth-order valence-corrected chi connectivity index (χ4v) is 7.81. The van der Waals surface area contributed by atoms with E-state index in [0.29, 0.717) is 36.7 Å². The van der Waals surface area contributed by atoms with E-state index in [1.165, 1.54) is 38.5 Å². The third-order valence-electron chi connectivity index (χ3n) is 8.74. The molecule has 2 aromatic rings. The summed E-state index contributed by atoms with van der Waals surface area (Å²) in [5.74, 6) is 3.26. The lowest BCUT2D eigenvalue weighted by atomic mass is 9.49. The number of carbonyl (C=O) groups is 2. The topological polar surface area (TPSA) is 86.9 Å². The van der Waals surface area contributed by atoms with Gasteiger partial charge in [-0.1, -0.05) is 6.07 Å². The SMILES string of the molecule is O=C(CC12CC3CC(CC(C3)C1)C2)Nc1cccc2nc(C(=O)N3CCCC(CO)C3)cn12. The van der Waals surface area contributed by atoms with Crippen LogP contribution >= 0.6 is 0 Å². The van der Waals surface area contributed by atoms with Crippen LogP contribution in [0.2, 0.25) is 0 Å². The number of amides is 2. The van der Waals surface area contributed by atoms with Crippen LogP contribution in [0.25, 0.3) is 5.65 Å². The van der Waals surface area contributed by atoms with Crippen LogP contribution in [-0.2, 0) is 4.79 Å². The fourth-order valence-electron chi connectivity index (χ4n) is 7.81. The summed E-state index contributed by atoms with van der Waals surface area (Å²) in [5.41, 5.74) is 1.23. The maximum atomic E-state index is 13.2. The summed E-state index contributed by atoms with van der Waals surface area (Å²) >= 11 is 0. The predicted octanol–water partition coefficient (Wildman–Crippen LogP) is 3.72. The van der Waals surface area contributed by atoms with E-state index in [1.54, 1.807) is 11.1 Å². The van der Waals surface area contributed by atoms with Crippen molar-refractivity contribution < 1.29 is 14.7 Å². The molecule has 7 heteroatoms. The molecule has 7 nitrogen and oxygen atoms in total. The monoisotopic (exact) mass is 450 g/mol. The van der Waals surface area contributed by atoms with Gasteiger partial charge >= 0.3 is 0 Å². The summed E-state index contributed by atoms with van der Waals surface area (Å²) in [4.78, 5) is 32.5. The maximum absolute atomic E-state index is 13.2. The van der Waals surface area contributed by atoms with Crippen LogP contribution in [0, 0.1) is 29.1 Å². The van der Waals surface area contributed by atoms with Gasteiger partial charge in [0.1, 0.15) is 17.2 Å². The largest absolute Gasteiger partial charge is 0.396 e. The molecule has 1 unspecified atom stereocenters. The lowest BCUT2D eigenvalue weighted by molar-refractivity contribution is -0.124. The Bertz CT molecular complexity index is 1040. The highest BCUT2D eigenvalue weighted by Crippen LogP contribution is 2.61. The number of hydrogen-bond donors (Lipinski definition) is 2.